The molecule has 3 N–H and O–H groups in total. The lowest BCUT2D eigenvalue weighted by atomic mass is 9.99. The molecule has 3 heterocycles. The van der Waals surface area contributed by atoms with Gasteiger partial charge in [-0.1, -0.05) is 30.3 Å². The summed E-state index contributed by atoms with van der Waals surface area (Å²) >= 11 is 0. The minimum atomic E-state index is -0.374. The van der Waals surface area contributed by atoms with E-state index < -0.39 is 0 Å². The second kappa shape index (κ2) is 8.86. The number of benzene rings is 1. The summed E-state index contributed by atoms with van der Waals surface area (Å²) in [6.45, 7) is 6.77. The number of aliphatic hydroxyl groups excluding tert-OH is 1. The number of nitrogens with two attached hydrogens (primary N) is 1. The first-order valence-electron chi connectivity index (χ1n) is 10.2. The first-order valence-corrected chi connectivity index (χ1v) is 10.2. The van der Waals surface area contributed by atoms with Crippen LogP contribution in [0.5, 0.6) is 0 Å². The summed E-state index contributed by atoms with van der Waals surface area (Å²) in [5.41, 5.74) is 7.17. The van der Waals surface area contributed by atoms with Crippen LogP contribution < -0.4 is 10.6 Å². The molecule has 0 radical (unpaired) electrons. The number of piperidine rings is 1. The summed E-state index contributed by atoms with van der Waals surface area (Å²) in [6.07, 6.45) is 3.15. The molecule has 7 heteroatoms. The van der Waals surface area contributed by atoms with Gasteiger partial charge >= 0.3 is 0 Å². The Morgan fingerprint density at radius 3 is 2.54 bits per heavy atom. The Morgan fingerprint density at radius 2 is 1.82 bits per heavy atom. The van der Waals surface area contributed by atoms with Gasteiger partial charge < -0.3 is 20.6 Å². The highest BCUT2D eigenvalue weighted by Crippen LogP contribution is 2.23. The molecule has 2 saturated heterocycles. The number of β-amino-alcohol motifs (C(OH)–C–C–N with tert-alkyl or cyclic N) is 1. The van der Waals surface area contributed by atoms with Gasteiger partial charge in [0.15, 0.2) is 0 Å². The highest BCUT2D eigenvalue weighted by atomic mass is 16.3. The van der Waals surface area contributed by atoms with Gasteiger partial charge in [0, 0.05) is 57.9 Å². The Bertz CT molecular complexity index is 750. The van der Waals surface area contributed by atoms with Gasteiger partial charge in [-0.15, -0.1) is 0 Å². The van der Waals surface area contributed by atoms with E-state index >= 15 is 0 Å². The fourth-order valence-electron chi connectivity index (χ4n) is 4.34. The predicted octanol–water partition coefficient (Wildman–Crippen LogP) is 0.859. The molecule has 2 atom stereocenters. The average molecular weight is 383 g/mol. The molecule has 150 valence electrons. The smallest absolute Gasteiger partial charge is 0.134 e. The second-order valence-corrected chi connectivity index (χ2v) is 7.78. The lowest BCUT2D eigenvalue weighted by Gasteiger charge is -2.45. The van der Waals surface area contributed by atoms with Crippen LogP contribution in [-0.4, -0.2) is 82.8 Å². The van der Waals surface area contributed by atoms with E-state index in [-0.39, 0.29) is 12.1 Å². The summed E-state index contributed by atoms with van der Waals surface area (Å²) in [6, 6.07) is 12.7. The van der Waals surface area contributed by atoms with E-state index in [1.807, 2.05) is 0 Å². The number of aliphatic hydroxyl groups is 1. The highest BCUT2D eigenvalue weighted by molar-refractivity contribution is 5.46. The molecule has 2 aliphatic rings. The van der Waals surface area contributed by atoms with Gasteiger partial charge in [0.25, 0.3) is 0 Å². The number of nitrogens with zero attached hydrogens (tertiary/aromatic N) is 5. The van der Waals surface area contributed by atoms with E-state index in [4.69, 9.17) is 5.73 Å². The first kappa shape index (κ1) is 19.1. The summed E-state index contributed by atoms with van der Waals surface area (Å²) < 4.78 is 0. The lowest BCUT2D eigenvalue weighted by Crippen LogP contribution is -2.59. The SMILES string of the molecule is Nc1cc(N2CC[C@@H](N3CCN(CCc4ccccc4)CC3)[C@H](O)C2)ncn1. The zero-order chi connectivity index (χ0) is 19.3. The third-order valence-electron chi connectivity index (χ3n) is 5.98. The Hall–Kier alpha value is -2.22. The minimum Gasteiger partial charge on any atom is -0.390 e. The molecule has 0 spiro atoms. The number of piperazine rings is 1. The second-order valence-electron chi connectivity index (χ2n) is 7.78. The van der Waals surface area contributed by atoms with Gasteiger partial charge in [0.1, 0.15) is 18.0 Å². The van der Waals surface area contributed by atoms with Crippen molar-refractivity contribution in [3.8, 4) is 0 Å². The van der Waals surface area contributed by atoms with E-state index in [1.54, 1.807) is 6.07 Å². The van der Waals surface area contributed by atoms with Crippen LogP contribution in [0.2, 0.25) is 0 Å². The summed E-state index contributed by atoms with van der Waals surface area (Å²) in [4.78, 5) is 15.4. The zero-order valence-corrected chi connectivity index (χ0v) is 16.3. The fraction of sp³-hybridized carbons (Fsp3) is 0.524. The van der Waals surface area contributed by atoms with Crippen molar-refractivity contribution in [2.24, 2.45) is 0 Å². The minimum absolute atomic E-state index is 0.228. The first-order chi connectivity index (χ1) is 13.7. The molecule has 2 aromatic rings. The monoisotopic (exact) mass is 382 g/mol. The zero-order valence-electron chi connectivity index (χ0n) is 16.3. The van der Waals surface area contributed by atoms with E-state index in [0.29, 0.717) is 12.4 Å². The maximum atomic E-state index is 10.8. The van der Waals surface area contributed by atoms with Crippen LogP contribution in [0, 0.1) is 0 Å². The predicted molar refractivity (Wildman–Crippen MR) is 111 cm³/mol. The quantitative estimate of drug-likeness (QED) is 0.794. The molecule has 0 bridgehead atoms. The van der Waals surface area contributed by atoms with Crippen molar-refractivity contribution in [2.75, 3.05) is 56.4 Å². The molecule has 1 aromatic carbocycles. The van der Waals surface area contributed by atoms with E-state index in [9.17, 15) is 5.11 Å². The maximum Gasteiger partial charge on any atom is 0.134 e. The number of hydrogen-bond donors (Lipinski definition) is 2. The number of aromatic nitrogens is 2. The molecular weight excluding hydrogens is 352 g/mol. The van der Waals surface area contributed by atoms with Crippen molar-refractivity contribution in [2.45, 2.75) is 25.0 Å². The third-order valence-corrected chi connectivity index (χ3v) is 5.98. The van der Waals surface area contributed by atoms with Crippen molar-refractivity contribution in [3.63, 3.8) is 0 Å². The van der Waals surface area contributed by atoms with Crippen molar-refractivity contribution in [3.05, 3.63) is 48.3 Å². The molecule has 0 unspecified atom stereocenters. The van der Waals surface area contributed by atoms with Crippen molar-refractivity contribution >= 4 is 11.6 Å². The Balaban J connectivity index is 1.25. The number of anilines is 2. The Morgan fingerprint density at radius 1 is 1.04 bits per heavy atom. The van der Waals surface area contributed by atoms with Crippen LogP contribution in [-0.2, 0) is 6.42 Å². The maximum absolute atomic E-state index is 10.8. The number of nitrogen functional groups attached to an aromatic ring is 1. The van der Waals surface area contributed by atoms with Gasteiger partial charge in [0.05, 0.1) is 6.10 Å². The van der Waals surface area contributed by atoms with Gasteiger partial charge in [-0.25, -0.2) is 9.97 Å². The van der Waals surface area contributed by atoms with Gasteiger partial charge in [-0.05, 0) is 18.4 Å². The summed E-state index contributed by atoms with van der Waals surface area (Å²) in [5, 5.41) is 10.8. The van der Waals surface area contributed by atoms with Crippen LogP contribution in [0.15, 0.2) is 42.7 Å². The van der Waals surface area contributed by atoms with Crippen molar-refractivity contribution < 1.29 is 5.11 Å². The molecule has 2 fully saturated rings. The lowest BCUT2D eigenvalue weighted by molar-refractivity contribution is 0.00967. The molecule has 2 aliphatic heterocycles. The molecule has 28 heavy (non-hydrogen) atoms. The average Bonchev–Trinajstić information content (AvgIpc) is 2.73. The van der Waals surface area contributed by atoms with Crippen molar-refractivity contribution in [1.29, 1.82) is 0 Å². The molecular formula is C21H30N6O. The van der Waals surface area contributed by atoms with Crippen LogP contribution >= 0.6 is 0 Å². The summed E-state index contributed by atoms with van der Waals surface area (Å²) in [7, 11) is 0. The summed E-state index contributed by atoms with van der Waals surface area (Å²) in [5.74, 6) is 1.27. The van der Waals surface area contributed by atoms with Crippen LogP contribution in [0.1, 0.15) is 12.0 Å². The molecule has 0 amide bonds. The standard InChI is InChI=1S/C21H30N6O/c22-20-14-21(24-16-23-20)27-9-7-18(19(28)15-27)26-12-10-25(11-13-26)8-6-17-4-2-1-3-5-17/h1-5,14,16,18-19,28H,6-13,15H2,(H2,22,23,24)/t18-,19-/m1/s1. The number of hydrogen-bond acceptors (Lipinski definition) is 7. The van der Waals surface area contributed by atoms with Crippen LogP contribution in [0.3, 0.4) is 0 Å². The molecule has 4 rings (SSSR count). The number of rotatable bonds is 5. The molecule has 1 aromatic heterocycles. The third kappa shape index (κ3) is 4.60. The van der Waals surface area contributed by atoms with Crippen molar-refractivity contribution in [1.82, 2.24) is 19.8 Å². The molecule has 0 saturated carbocycles. The largest absolute Gasteiger partial charge is 0.390 e. The van der Waals surface area contributed by atoms with E-state index in [1.165, 1.54) is 11.9 Å². The Labute approximate surface area is 166 Å². The van der Waals surface area contributed by atoms with Gasteiger partial charge in [-0.3, -0.25) is 4.90 Å². The Kier molecular flexibility index (Phi) is 6.04. The van der Waals surface area contributed by atoms with Crippen LogP contribution in [0.4, 0.5) is 11.6 Å². The normalized spacial score (nSPS) is 24.4. The molecule has 7 nitrogen and oxygen atoms in total. The van der Waals surface area contributed by atoms with Gasteiger partial charge in [-0.2, -0.15) is 0 Å². The van der Waals surface area contributed by atoms with Crippen LogP contribution in [0.25, 0.3) is 0 Å². The van der Waals surface area contributed by atoms with E-state index in [0.717, 1.165) is 57.9 Å². The van der Waals surface area contributed by atoms with Gasteiger partial charge in [0.2, 0.25) is 0 Å². The fourth-order valence-corrected chi connectivity index (χ4v) is 4.34. The van der Waals surface area contributed by atoms with E-state index in [2.05, 4.69) is 55.0 Å². The molecule has 0 aliphatic carbocycles. The topological polar surface area (TPSA) is 81.8 Å². The highest BCUT2D eigenvalue weighted by Gasteiger charge is 2.34.